The highest BCUT2D eigenvalue weighted by Crippen LogP contribution is 2.41. The molecule has 0 radical (unpaired) electrons. The third-order valence-corrected chi connectivity index (χ3v) is 4.15. The second kappa shape index (κ2) is 6.41. The summed E-state index contributed by atoms with van der Waals surface area (Å²) in [5.74, 6) is -0.235. The number of thioether (sulfide) groups is 1. The minimum absolute atomic E-state index is 0.0578. The van der Waals surface area contributed by atoms with Crippen molar-refractivity contribution >= 4 is 29.6 Å². The minimum Gasteiger partial charge on any atom is -0.270 e. The maximum Gasteiger partial charge on any atom is 0.284 e. The molecule has 0 saturated carbocycles. The maximum absolute atomic E-state index is 11.5. The van der Waals surface area contributed by atoms with Crippen LogP contribution in [-0.2, 0) is 0 Å². The average Bonchev–Trinajstić information content (AvgIpc) is 2.95. The standard InChI is InChI=1S/C14H14ClN3O2S/c1-10(11-4-5-13(15)16-8-11)14(6-3-7-17-14)12(9-21-2)18(19)20/h3-10H,1-2H3. The summed E-state index contributed by atoms with van der Waals surface area (Å²) in [5.41, 5.74) is -0.110. The molecule has 0 spiro atoms. The summed E-state index contributed by atoms with van der Waals surface area (Å²) < 4.78 is 0. The van der Waals surface area contributed by atoms with Crippen molar-refractivity contribution < 1.29 is 4.92 Å². The smallest absolute Gasteiger partial charge is 0.270 e. The van der Waals surface area contributed by atoms with Gasteiger partial charge in [0.2, 0.25) is 0 Å². The van der Waals surface area contributed by atoms with Crippen LogP contribution in [0.25, 0.3) is 0 Å². The molecule has 110 valence electrons. The molecular weight excluding hydrogens is 310 g/mol. The van der Waals surface area contributed by atoms with E-state index in [1.54, 1.807) is 36.9 Å². The highest BCUT2D eigenvalue weighted by atomic mass is 35.5. The molecule has 2 unspecified atom stereocenters. The van der Waals surface area contributed by atoms with Crippen LogP contribution in [0.5, 0.6) is 0 Å². The lowest BCUT2D eigenvalue weighted by Crippen LogP contribution is -2.35. The van der Waals surface area contributed by atoms with Crippen molar-refractivity contribution in [2.45, 2.75) is 18.4 Å². The molecule has 2 heterocycles. The number of nitro groups is 1. The second-order valence-electron chi connectivity index (χ2n) is 4.59. The molecular formula is C14H14ClN3O2S. The number of allylic oxidation sites excluding steroid dienone is 1. The van der Waals surface area contributed by atoms with E-state index in [4.69, 9.17) is 11.6 Å². The molecule has 1 aromatic rings. The van der Waals surface area contributed by atoms with Gasteiger partial charge in [0.15, 0.2) is 5.54 Å². The van der Waals surface area contributed by atoms with Gasteiger partial charge in [-0.05, 0) is 30.0 Å². The molecule has 0 aromatic carbocycles. The van der Waals surface area contributed by atoms with Gasteiger partial charge in [0.05, 0.1) is 4.92 Å². The van der Waals surface area contributed by atoms with Crippen molar-refractivity contribution in [2.24, 2.45) is 4.99 Å². The zero-order valence-corrected chi connectivity index (χ0v) is 13.1. The van der Waals surface area contributed by atoms with Gasteiger partial charge < -0.3 is 0 Å². The summed E-state index contributed by atoms with van der Waals surface area (Å²) in [4.78, 5) is 19.5. The molecule has 2 rings (SSSR count). The van der Waals surface area contributed by atoms with Gasteiger partial charge in [0, 0.05) is 23.7 Å². The number of nitrogens with zero attached hydrogens (tertiary/aromatic N) is 3. The predicted molar refractivity (Wildman–Crippen MR) is 86.6 cm³/mol. The Kier molecular flexibility index (Phi) is 4.80. The predicted octanol–water partition coefficient (Wildman–Crippen LogP) is 3.70. The number of halogens is 1. The van der Waals surface area contributed by atoms with E-state index in [0.717, 1.165) is 5.56 Å². The van der Waals surface area contributed by atoms with Gasteiger partial charge in [0.25, 0.3) is 5.70 Å². The van der Waals surface area contributed by atoms with Crippen molar-refractivity contribution in [1.29, 1.82) is 0 Å². The molecule has 0 saturated heterocycles. The van der Waals surface area contributed by atoms with Crippen LogP contribution in [0.4, 0.5) is 0 Å². The lowest BCUT2D eigenvalue weighted by Gasteiger charge is -2.28. The van der Waals surface area contributed by atoms with Gasteiger partial charge in [-0.15, -0.1) is 11.8 Å². The number of hydrogen-bond donors (Lipinski definition) is 0. The fourth-order valence-corrected chi connectivity index (χ4v) is 2.93. The summed E-state index contributed by atoms with van der Waals surface area (Å²) in [6.07, 6.45) is 8.51. The first kappa shape index (κ1) is 15.7. The van der Waals surface area contributed by atoms with Crippen LogP contribution in [0.15, 0.2) is 46.6 Å². The first-order valence-corrected chi connectivity index (χ1v) is 7.90. The van der Waals surface area contributed by atoms with Gasteiger partial charge >= 0.3 is 0 Å². The summed E-state index contributed by atoms with van der Waals surface area (Å²) in [6.45, 7) is 1.90. The van der Waals surface area contributed by atoms with E-state index >= 15 is 0 Å². The summed E-state index contributed by atoms with van der Waals surface area (Å²) in [5, 5.41) is 13.4. The first-order valence-electron chi connectivity index (χ1n) is 6.23. The van der Waals surface area contributed by atoms with Gasteiger partial charge in [-0.3, -0.25) is 15.1 Å². The normalized spacial score (nSPS) is 22.5. The van der Waals surface area contributed by atoms with Crippen molar-refractivity contribution in [2.75, 3.05) is 6.26 Å². The SMILES string of the molecule is CSC=C([N+](=O)[O-])C1(C(C)c2ccc(Cl)nc2)C=CC=N1. The highest BCUT2D eigenvalue weighted by Gasteiger charge is 2.46. The zero-order valence-electron chi connectivity index (χ0n) is 11.6. The fraction of sp³-hybridized carbons (Fsp3) is 0.286. The number of pyridine rings is 1. The monoisotopic (exact) mass is 323 g/mol. The summed E-state index contributed by atoms with van der Waals surface area (Å²) >= 11 is 7.09. The quantitative estimate of drug-likeness (QED) is 0.470. The molecule has 0 amide bonds. The third kappa shape index (κ3) is 3.01. The van der Waals surface area contributed by atoms with E-state index in [-0.39, 0.29) is 16.5 Å². The minimum atomic E-state index is -1.01. The summed E-state index contributed by atoms with van der Waals surface area (Å²) in [6, 6.07) is 3.49. The van der Waals surface area contributed by atoms with E-state index < -0.39 is 5.54 Å². The Bertz CT molecular complexity index is 614. The van der Waals surface area contributed by atoms with Crippen molar-refractivity contribution in [3.63, 3.8) is 0 Å². The van der Waals surface area contributed by atoms with E-state index in [1.807, 2.05) is 13.0 Å². The van der Waals surface area contributed by atoms with Crippen LogP contribution in [0, 0.1) is 10.1 Å². The van der Waals surface area contributed by atoms with Gasteiger partial charge in [-0.1, -0.05) is 24.6 Å². The maximum atomic E-state index is 11.5. The fourth-order valence-electron chi connectivity index (χ4n) is 2.32. The van der Waals surface area contributed by atoms with E-state index in [0.29, 0.717) is 5.15 Å². The lowest BCUT2D eigenvalue weighted by molar-refractivity contribution is -0.433. The molecule has 0 aliphatic carbocycles. The third-order valence-electron chi connectivity index (χ3n) is 3.47. The Hall–Kier alpha value is -1.66. The molecule has 1 aliphatic heterocycles. The van der Waals surface area contributed by atoms with Crippen LogP contribution >= 0.6 is 23.4 Å². The number of rotatable bonds is 5. The molecule has 7 heteroatoms. The van der Waals surface area contributed by atoms with Crippen molar-refractivity contribution in [1.82, 2.24) is 4.98 Å². The van der Waals surface area contributed by atoms with Crippen LogP contribution in [0.3, 0.4) is 0 Å². The van der Waals surface area contributed by atoms with Gasteiger partial charge in [-0.2, -0.15) is 0 Å². The Labute approximate surface area is 132 Å². The molecule has 1 aromatic heterocycles. The Morgan fingerprint density at radius 3 is 2.81 bits per heavy atom. The van der Waals surface area contributed by atoms with Gasteiger partial charge in [0.1, 0.15) is 5.15 Å². The number of hydrogen-bond acceptors (Lipinski definition) is 5. The molecule has 2 atom stereocenters. The molecule has 0 bridgehead atoms. The highest BCUT2D eigenvalue weighted by molar-refractivity contribution is 8.01. The Balaban J connectivity index is 2.50. The van der Waals surface area contributed by atoms with Crippen LogP contribution < -0.4 is 0 Å². The molecule has 1 aliphatic rings. The molecule has 21 heavy (non-hydrogen) atoms. The molecule has 0 fully saturated rings. The topological polar surface area (TPSA) is 68.4 Å². The first-order chi connectivity index (χ1) is 10.0. The summed E-state index contributed by atoms with van der Waals surface area (Å²) in [7, 11) is 0. The van der Waals surface area contributed by atoms with E-state index in [2.05, 4.69) is 9.98 Å². The van der Waals surface area contributed by atoms with Crippen molar-refractivity contribution in [3.8, 4) is 0 Å². The van der Waals surface area contributed by atoms with Crippen LogP contribution in [0.1, 0.15) is 18.4 Å². The zero-order chi connectivity index (χ0) is 15.5. The largest absolute Gasteiger partial charge is 0.284 e. The van der Waals surface area contributed by atoms with E-state index in [9.17, 15) is 10.1 Å². The Morgan fingerprint density at radius 1 is 1.57 bits per heavy atom. The number of aliphatic imine (C=N–C) groups is 1. The van der Waals surface area contributed by atoms with Crippen LogP contribution in [-0.4, -0.2) is 27.9 Å². The van der Waals surface area contributed by atoms with Crippen LogP contribution in [0.2, 0.25) is 5.15 Å². The van der Waals surface area contributed by atoms with Gasteiger partial charge in [-0.25, -0.2) is 4.98 Å². The second-order valence-corrected chi connectivity index (χ2v) is 5.69. The average molecular weight is 324 g/mol. The molecule has 0 N–H and O–H groups in total. The number of aromatic nitrogens is 1. The molecule has 5 nitrogen and oxygen atoms in total. The lowest BCUT2D eigenvalue weighted by atomic mass is 9.80. The van der Waals surface area contributed by atoms with E-state index in [1.165, 1.54) is 17.2 Å². The van der Waals surface area contributed by atoms with Crippen molar-refractivity contribution in [3.05, 3.63) is 62.4 Å². The Morgan fingerprint density at radius 2 is 2.33 bits per heavy atom.